The zero-order valence-electron chi connectivity index (χ0n) is 12.0. The van der Waals surface area contributed by atoms with E-state index in [9.17, 15) is 0 Å². The van der Waals surface area contributed by atoms with Crippen LogP contribution in [0.3, 0.4) is 0 Å². The van der Waals surface area contributed by atoms with Crippen molar-refractivity contribution < 1.29 is 0 Å². The summed E-state index contributed by atoms with van der Waals surface area (Å²) in [6.45, 7) is 6.26. The van der Waals surface area contributed by atoms with Gasteiger partial charge in [-0.1, -0.05) is 0 Å². The summed E-state index contributed by atoms with van der Waals surface area (Å²) in [5, 5.41) is 3.12. The molecule has 2 heterocycles. The molecule has 0 aliphatic heterocycles. The van der Waals surface area contributed by atoms with Crippen molar-refractivity contribution in [3.8, 4) is 0 Å². The van der Waals surface area contributed by atoms with Crippen LogP contribution >= 0.6 is 0 Å². The molecule has 2 aromatic heterocycles. The van der Waals surface area contributed by atoms with E-state index in [0.717, 1.165) is 18.9 Å². The van der Waals surface area contributed by atoms with E-state index in [1.807, 2.05) is 36.6 Å². The zero-order chi connectivity index (χ0) is 14.5. The summed E-state index contributed by atoms with van der Waals surface area (Å²) in [7, 11) is 1.94. The minimum atomic E-state index is 0.212. The first-order valence-electron chi connectivity index (χ1n) is 6.60. The fourth-order valence-electron chi connectivity index (χ4n) is 1.83. The smallest absolute Gasteiger partial charge is 0.231 e. The highest BCUT2D eigenvalue weighted by Crippen LogP contribution is 2.12. The number of aromatic nitrogens is 5. The third kappa shape index (κ3) is 3.14. The summed E-state index contributed by atoms with van der Waals surface area (Å²) in [5.41, 5.74) is 5.74. The van der Waals surface area contributed by atoms with E-state index < -0.39 is 0 Å². The first-order valence-corrected chi connectivity index (χ1v) is 6.60. The third-order valence-corrected chi connectivity index (χ3v) is 3.01. The van der Waals surface area contributed by atoms with Crippen LogP contribution in [-0.2, 0) is 13.6 Å². The van der Waals surface area contributed by atoms with Gasteiger partial charge in [-0.25, -0.2) is 4.98 Å². The van der Waals surface area contributed by atoms with E-state index in [4.69, 9.17) is 5.73 Å². The van der Waals surface area contributed by atoms with E-state index in [2.05, 4.69) is 25.3 Å². The average molecular weight is 276 g/mol. The van der Waals surface area contributed by atoms with E-state index in [0.29, 0.717) is 18.4 Å². The number of nitrogens with two attached hydrogens (primary N) is 1. The molecular formula is C12H20N8. The largest absolute Gasteiger partial charge is 0.368 e. The second kappa shape index (κ2) is 6.18. The first-order chi connectivity index (χ1) is 9.63. The van der Waals surface area contributed by atoms with E-state index in [1.165, 1.54) is 0 Å². The van der Waals surface area contributed by atoms with Gasteiger partial charge >= 0.3 is 0 Å². The van der Waals surface area contributed by atoms with Gasteiger partial charge in [-0.3, -0.25) is 0 Å². The second-order valence-electron chi connectivity index (χ2n) is 4.30. The molecule has 0 bridgehead atoms. The summed E-state index contributed by atoms with van der Waals surface area (Å²) in [4.78, 5) is 18.9. The number of nitrogens with one attached hydrogen (secondary N) is 1. The topological polar surface area (TPSA) is 97.8 Å². The summed E-state index contributed by atoms with van der Waals surface area (Å²) >= 11 is 0. The highest BCUT2D eigenvalue weighted by Gasteiger charge is 2.10. The normalized spacial score (nSPS) is 10.6. The van der Waals surface area contributed by atoms with Gasteiger partial charge in [0.15, 0.2) is 0 Å². The van der Waals surface area contributed by atoms with Crippen LogP contribution in [0, 0.1) is 0 Å². The molecule has 2 aromatic rings. The van der Waals surface area contributed by atoms with E-state index in [-0.39, 0.29) is 5.95 Å². The predicted octanol–water partition coefficient (Wildman–Crippen LogP) is 0.646. The van der Waals surface area contributed by atoms with Gasteiger partial charge in [-0.15, -0.1) is 0 Å². The van der Waals surface area contributed by atoms with Crippen LogP contribution in [0.1, 0.15) is 19.7 Å². The molecule has 0 unspecified atom stereocenters. The molecule has 0 amide bonds. The van der Waals surface area contributed by atoms with Crippen molar-refractivity contribution in [3.63, 3.8) is 0 Å². The average Bonchev–Trinajstić information content (AvgIpc) is 2.83. The molecule has 0 aliphatic carbocycles. The van der Waals surface area contributed by atoms with Crippen molar-refractivity contribution in [1.82, 2.24) is 24.5 Å². The standard InChI is InChI=1S/C12H20N8/c1-4-20(5-2)12-17-10(13)16-11(18-12)15-8-9-14-6-7-19(9)3/h6-7H,4-5,8H2,1-3H3,(H3,13,15,16,17,18). The van der Waals surface area contributed by atoms with Crippen LogP contribution in [0.4, 0.5) is 17.8 Å². The molecule has 0 saturated heterocycles. The molecule has 3 N–H and O–H groups in total. The molecular weight excluding hydrogens is 256 g/mol. The second-order valence-corrected chi connectivity index (χ2v) is 4.30. The molecule has 0 fully saturated rings. The zero-order valence-corrected chi connectivity index (χ0v) is 12.0. The lowest BCUT2D eigenvalue weighted by atomic mass is 10.5. The third-order valence-electron chi connectivity index (χ3n) is 3.01. The monoisotopic (exact) mass is 276 g/mol. The van der Waals surface area contributed by atoms with E-state index >= 15 is 0 Å². The predicted molar refractivity (Wildman–Crippen MR) is 78.3 cm³/mol. The lowest BCUT2D eigenvalue weighted by Gasteiger charge is -2.18. The quantitative estimate of drug-likeness (QED) is 0.799. The van der Waals surface area contributed by atoms with E-state index in [1.54, 1.807) is 6.20 Å². The van der Waals surface area contributed by atoms with Gasteiger partial charge in [0.2, 0.25) is 17.8 Å². The Bertz CT molecular complexity index is 560. The molecule has 0 atom stereocenters. The van der Waals surface area contributed by atoms with Crippen molar-refractivity contribution in [1.29, 1.82) is 0 Å². The maximum absolute atomic E-state index is 5.74. The number of nitrogen functional groups attached to an aromatic ring is 1. The Labute approximate surface area is 118 Å². The number of aryl methyl sites for hydroxylation is 1. The highest BCUT2D eigenvalue weighted by molar-refractivity contribution is 5.41. The maximum atomic E-state index is 5.74. The number of rotatable bonds is 6. The molecule has 20 heavy (non-hydrogen) atoms. The number of imidazole rings is 1. The van der Waals surface area contributed by atoms with Crippen LogP contribution in [0.25, 0.3) is 0 Å². The van der Waals surface area contributed by atoms with Gasteiger partial charge in [-0.05, 0) is 13.8 Å². The van der Waals surface area contributed by atoms with Crippen LogP contribution in [-0.4, -0.2) is 37.6 Å². The Kier molecular flexibility index (Phi) is 4.34. The number of nitrogens with zero attached hydrogens (tertiary/aromatic N) is 6. The minimum Gasteiger partial charge on any atom is -0.368 e. The SMILES string of the molecule is CCN(CC)c1nc(N)nc(NCc2nccn2C)n1. The maximum Gasteiger partial charge on any atom is 0.231 e. The Morgan fingerprint density at radius 3 is 2.60 bits per heavy atom. The van der Waals surface area contributed by atoms with Gasteiger partial charge < -0.3 is 20.5 Å². The number of hydrogen-bond donors (Lipinski definition) is 2. The Morgan fingerprint density at radius 2 is 2.00 bits per heavy atom. The van der Waals surface area contributed by atoms with Crippen molar-refractivity contribution in [2.45, 2.75) is 20.4 Å². The molecule has 8 nitrogen and oxygen atoms in total. The fraction of sp³-hybridized carbons (Fsp3) is 0.500. The molecule has 0 aliphatic rings. The van der Waals surface area contributed by atoms with Crippen molar-refractivity contribution in [2.24, 2.45) is 7.05 Å². The summed E-state index contributed by atoms with van der Waals surface area (Å²) in [6.07, 6.45) is 3.64. The summed E-state index contributed by atoms with van der Waals surface area (Å²) in [6, 6.07) is 0. The Hall–Kier alpha value is -2.38. The number of hydrogen-bond acceptors (Lipinski definition) is 7. The lowest BCUT2D eigenvalue weighted by molar-refractivity contribution is 0.795. The number of anilines is 3. The van der Waals surface area contributed by atoms with Gasteiger partial charge in [0, 0.05) is 32.5 Å². The summed E-state index contributed by atoms with van der Waals surface area (Å²) < 4.78 is 1.93. The first kappa shape index (κ1) is 14.0. The van der Waals surface area contributed by atoms with Gasteiger partial charge in [0.05, 0.1) is 6.54 Å². The molecule has 8 heteroatoms. The van der Waals surface area contributed by atoms with Crippen molar-refractivity contribution >= 4 is 17.8 Å². The van der Waals surface area contributed by atoms with Crippen LogP contribution < -0.4 is 16.0 Å². The molecule has 2 rings (SSSR count). The molecule has 108 valence electrons. The lowest BCUT2D eigenvalue weighted by Crippen LogP contribution is -2.25. The fourth-order valence-corrected chi connectivity index (χ4v) is 1.83. The van der Waals surface area contributed by atoms with Gasteiger partial charge in [-0.2, -0.15) is 15.0 Å². The van der Waals surface area contributed by atoms with Gasteiger partial charge in [0.1, 0.15) is 5.82 Å². The van der Waals surface area contributed by atoms with Crippen molar-refractivity contribution in [2.75, 3.05) is 29.0 Å². The molecule has 0 spiro atoms. The minimum absolute atomic E-state index is 0.212. The van der Waals surface area contributed by atoms with Crippen molar-refractivity contribution in [3.05, 3.63) is 18.2 Å². The van der Waals surface area contributed by atoms with Crippen LogP contribution in [0.5, 0.6) is 0 Å². The Morgan fingerprint density at radius 1 is 1.25 bits per heavy atom. The van der Waals surface area contributed by atoms with Crippen LogP contribution in [0.2, 0.25) is 0 Å². The molecule has 0 radical (unpaired) electrons. The molecule has 0 aromatic carbocycles. The highest BCUT2D eigenvalue weighted by atomic mass is 15.3. The van der Waals surface area contributed by atoms with Gasteiger partial charge in [0.25, 0.3) is 0 Å². The molecule has 0 saturated carbocycles. The van der Waals surface area contributed by atoms with Crippen LogP contribution in [0.15, 0.2) is 12.4 Å². The summed E-state index contributed by atoms with van der Waals surface area (Å²) in [5.74, 6) is 2.16. The Balaban J connectivity index is 2.13.